The van der Waals surface area contributed by atoms with E-state index in [2.05, 4.69) is 0 Å². The Bertz CT molecular complexity index is 701. The van der Waals surface area contributed by atoms with Crippen LogP contribution in [0.4, 0.5) is 4.79 Å². The van der Waals surface area contributed by atoms with Gasteiger partial charge >= 0.3 is 6.09 Å². The number of hydrogen-bond donors (Lipinski definition) is 2. The highest BCUT2D eigenvalue weighted by atomic mass is 16.7. The Balaban J connectivity index is 2.15. The van der Waals surface area contributed by atoms with E-state index in [4.69, 9.17) is 14.2 Å². The number of β-amino-alcohol motifs (C(OH)–C–C–N with tert-alkyl or cyclic N) is 1. The van der Waals surface area contributed by atoms with E-state index in [0.29, 0.717) is 23.5 Å². The van der Waals surface area contributed by atoms with E-state index < -0.39 is 23.3 Å². The first-order chi connectivity index (χ1) is 13.9. The minimum absolute atomic E-state index is 0.0647. The Labute approximate surface area is 179 Å². The van der Waals surface area contributed by atoms with Gasteiger partial charge in [-0.05, 0) is 72.1 Å². The van der Waals surface area contributed by atoms with Crippen molar-refractivity contribution in [3.8, 4) is 5.75 Å². The average Bonchev–Trinajstić information content (AvgIpc) is 2.64. The number of nitrogens with zero attached hydrogens (tertiary/aromatic N) is 1. The lowest BCUT2D eigenvalue weighted by atomic mass is 10.0. The standard InChI is InChI=1S/C23H37NO6/c1-22(2,3)24(21(27)30-23(4,5)6)14-18(26)16-10-11-19(17(13-16)15-25)29-20-9-7-8-12-28-20/h10-11,13,18,20,25-26H,7-9,12,14-15H2,1-6H3. The van der Waals surface area contributed by atoms with Gasteiger partial charge in [-0.3, -0.25) is 0 Å². The molecule has 1 aliphatic heterocycles. The molecule has 1 aromatic rings. The fourth-order valence-corrected chi connectivity index (χ4v) is 3.21. The second-order valence-electron chi connectivity index (χ2n) is 9.72. The molecule has 1 amide bonds. The predicted molar refractivity (Wildman–Crippen MR) is 114 cm³/mol. The molecule has 1 fully saturated rings. The van der Waals surface area contributed by atoms with Gasteiger partial charge in [-0.25, -0.2) is 4.79 Å². The molecular weight excluding hydrogens is 386 g/mol. The first kappa shape index (κ1) is 24.4. The maximum Gasteiger partial charge on any atom is 0.410 e. The van der Waals surface area contributed by atoms with Gasteiger partial charge < -0.3 is 29.3 Å². The summed E-state index contributed by atoms with van der Waals surface area (Å²) in [5, 5.41) is 20.6. The number of carbonyl (C=O) groups is 1. The molecule has 0 aliphatic carbocycles. The van der Waals surface area contributed by atoms with Gasteiger partial charge in [0.1, 0.15) is 11.4 Å². The van der Waals surface area contributed by atoms with E-state index in [1.807, 2.05) is 41.5 Å². The van der Waals surface area contributed by atoms with Crippen LogP contribution in [0.15, 0.2) is 18.2 Å². The van der Waals surface area contributed by atoms with Gasteiger partial charge in [0, 0.05) is 17.5 Å². The second kappa shape index (κ2) is 9.98. The molecule has 2 unspecified atom stereocenters. The van der Waals surface area contributed by atoms with Gasteiger partial charge in [-0.15, -0.1) is 0 Å². The number of rotatable bonds is 6. The lowest BCUT2D eigenvalue weighted by Crippen LogP contribution is -2.49. The van der Waals surface area contributed by atoms with Crippen LogP contribution in [0.1, 0.15) is 78.0 Å². The Morgan fingerprint density at radius 2 is 1.93 bits per heavy atom. The van der Waals surface area contributed by atoms with Crippen molar-refractivity contribution in [2.75, 3.05) is 13.2 Å². The number of hydrogen-bond acceptors (Lipinski definition) is 6. The van der Waals surface area contributed by atoms with Crippen LogP contribution in [0.5, 0.6) is 5.75 Å². The summed E-state index contributed by atoms with van der Waals surface area (Å²) < 4.78 is 17.0. The SMILES string of the molecule is CC(C)(C)OC(=O)N(CC(O)c1ccc(OC2CCCCO2)c(CO)c1)C(C)(C)C. The van der Waals surface area contributed by atoms with E-state index >= 15 is 0 Å². The first-order valence-electron chi connectivity index (χ1n) is 10.6. The average molecular weight is 424 g/mol. The van der Waals surface area contributed by atoms with Crippen LogP contribution in [0.2, 0.25) is 0 Å². The molecule has 1 aromatic carbocycles. The monoisotopic (exact) mass is 423 g/mol. The van der Waals surface area contributed by atoms with Crippen LogP contribution in [-0.2, 0) is 16.1 Å². The third kappa shape index (κ3) is 7.15. The minimum atomic E-state index is -0.943. The van der Waals surface area contributed by atoms with Crippen LogP contribution >= 0.6 is 0 Å². The van der Waals surface area contributed by atoms with Crippen LogP contribution in [0, 0.1) is 0 Å². The molecular formula is C23H37NO6. The van der Waals surface area contributed by atoms with Crippen molar-refractivity contribution in [1.29, 1.82) is 0 Å². The number of benzene rings is 1. The molecule has 1 saturated heterocycles. The van der Waals surface area contributed by atoms with Gasteiger partial charge in [0.2, 0.25) is 0 Å². The van der Waals surface area contributed by atoms with E-state index in [-0.39, 0.29) is 19.4 Å². The highest BCUT2D eigenvalue weighted by Crippen LogP contribution is 2.29. The smallest absolute Gasteiger partial charge is 0.410 e. The molecule has 7 nitrogen and oxygen atoms in total. The highest BCUT2D eigenvalue weighted by Gasteiger charge is 2.32. The van der Waals surface area contributed by atoms with Crippen molar-refractivity contribution in [2.45, 2.75) is 90.9 Å². The molecule has 1 aliphatic rings. The molecule has 2 rings (SSSR count). The molecule has 30 heavy (non-hydrogen) atoms. The fraction of sp³-hybridized carbons (Fsp3) is 0.696. The van der Waals surface area contributed by atoms with E-state index in [1.165, 1.54) is 4.90 Å². The maximum absolute atomic E-state index is 12.7. The molecule has 0 radical (unpaired) electrons. The van der Waals surface area contributed by atoms with Crippen molar-refractivity contribution in [3.63, 3.8) is 0 Å². The van der Waals surface area contributed by atoms with Crippen molar-refractivity contribution in [1.82, 2.24) is 4.90 Å². The number of ether oxygens (including phenoxy) is 3. The number of carbonyl (C=O) groups excluding carboxylic acids is 1. The minimum Gasteiger partial charge on any atom is -0.465 e. The van der Waals surface area contributed by atoms with Crippen LogP contribution in [-0.4, -0.2) is 51.8 Å². The quantitative estimate of drug-likeness (QED) is 0.714. The normalized spacial score (nSPS) is 18.6. The van der Waals surface area contributed by atoms with Crippen LogP contribution < -0.4 is 4.74 Å². The highest BCUT2D eigenvalue weighted by molar-refractivity contribution is 5.69. The number of aliphatic hydroxyl groups excluding tert-OH is 2. The lowest BCUT2D eigenvalue weighted by molar-refractivity contribution is -0.106. The third-order valence-corrected chi connectivity index (χ3v) is 4.82. The summed E-state index contributed by atoms with van der Waals surface area (Å²) in [4.78, 5) is 14.2. The van der Waals surface area contributed by atoms with Crippen molar-refractivity contribution in [3.05, 3.63) is 29.3 Å². The summed E-state index contributed by atoms with van der Waals surface area (Å²) in [6, 6.07) is 5.19. The Hall–Kier alpha value is -1.83. The number of amides is 1. The summed E-state index contributed by atoms with van der Waals surface area (Å²) in [7, 11) is 0. The van der Waals surface area contributed by atoms with Gasteiger partial charge in [0.05, 0.1) is 25.9 Å². The molecule has 2 N–H and O–H groups in total. The molecule has 0 spiro atoms. The molecule has 1 heterocycles. The molecule has 7 heteroatoms. The Morgan fingerprint density at radius 3 is 2.47 bits per heavy atom. The summed E-state index contributed by atoms with van der Waals surface area (Å²) in [5.41, 5.74) is -0.00523. The summed E-state index contributed by atoms with van der Waals surface area (Å²) >= 11 is 0. The molecule has 0 bridgehead atoms. The zero-order chi connectivity index (χ0) is 22.5. The molecule has 170 valence electrons. The second-order valence-corrected chi connectivity index (χ2v) is 9.72. The van der Waals surface area contributed by atoms with E-state index in [9.17, 15) is 15.0 Å². The van der Waals surface area contributed by atoms with Crippen LogP contribution in [0.3, 0.4) is 0 Å². The summed E-state index contributed by atoms with van der Waals surface area (Å²) in [5.74, 6) is 0.542. The van der Waals surface area contributed by atoms with E-state index in [1.54, 1.807) is 18.2 Å². The van der Waals surface area contributed by atoms with Crippen molar-refractivity contribution >= 4 is 6.09 Å². The van der Waals surface area contributed by atoms with Gasteiger partial charge in [0.25, 0.3) is 0 Å². The summed E-state index contributed by atoms with van der Waals surface area (Å²) in [6.45, 7) is 11.6. The van der Waals surface area contributed by atoms with Gasteiger partial charge in [-0.1, -0.05) is 6.07 Å². The Morgan fingerprint density at radius 1 is 1.23 bits per heavy atom. The van der Waals surface area contributed by atoms with Crippen molar-refractivity contribution in [2.24, 2.45) is 0 Å². The molecule has 2 atom stereocenters. The Kier molecular flexibility index (Phi) is 8.13. The zero-order valence-electron chi connectivity index (χ0n) is 19.1. The van der Waals surface area contributed by atoms with E-state index in [0.717, 1.165) is 19.3 Å². The molecule has 0 saturated carbocycles. The fourth-order valence-electron chi connectivity index (χ4n) is 3.21. The maximum atomic E-state index is 12.7. The first-order valence-corrected chi connectivity index (χ1v) is 10.6. The summed E-state index contributed by atoms with van der Waals surface area (Å²) in [6.07, 6.45) is 1.14. The van der Waals surface area contributed by atoms with Gasteiger partial charge in [0.15, 0.2) is 6.29 Å². The third-order valence-electron chi connectivity index (χ3n) is 4.82. The lowest BCUT2D eigenvalue weighted by Gasteiger charge is -2.38. The molecule has 0 aromatic heterocycles. The van der Waals surface area contributed by atoms with Crippen LogP contribution in [0.25, 0.3) is 0 Å². The topological polar surface area (TPSA) is 88.5 Å². The zero-order valence-corrected chi connectivity index (χ0v) is 19.1. The van der Waals surface area contributed by atoms with Crippen molar-refractivity contribution < 1.29 is 29.2 Å². The number of aliphatic hydroxyl groups is 2. The largest absolute Gasteiger partial charge is 0.465 e. The van der Waals surface area contributed by atoms with Gasteiger partial charge in [-0.2, -0.15) is 0 Å². The predicted octanol–water partition coefficient (Wildman–Crippen LogP) is 4.15.